The van der Waals surface area contributed by atoms with E-state index in [0.29, 0.717) is 5.69 Å². The summed E-state index contributed by atoms with van der Waals surface area (Å²) in [5.41, 5.74) is 6.85. The molecule has 0 bridgehead atoms. The molecule has 2 amide bonds. The molecule has 1 aromatic rings. The van der Waals surface area contributed by atoms with Crippen LogP contribution in [0.15, 0.2) is 24.3 Å². The maximum atomic E-state index is 12.0. The fraction of sp³-hybridized carbons (Fsp3) is 0.467. The first-order chi connectivity index (χ1) is 9.17. The molecular formula is C15H23N3O2. The lowest BCUT2D eigenvalue weighted by Crippen LogP contribution is -2.46. The number of nitrogens with one attached hydrogen (secondary N) is 1. The van der Waals surface area contributed by atoms with E-state index in [1.165, 1.54) is 4.90 Å². The fourth-order valence-corrected chi connectivity index (χ4v) is 1.77. The molecule has 0 spiro atoms. The van der Waals surface area contributed by atoms with Gasteiger partial charge in [0.2, 0.25) is 11.8 Å². The number of amides is 2. The molecule has 0 aliphatic carbocycles. The topological polar surface area (TPSA) is 75.4 Å². The van der Waals surface area contributed by atoms with Gasteiger partial charge in [0.25, 0.3) is 0 Å². The number of benzene rings is 1. The SMILES string of the molecule is CN(CC(=O)NC(C)(C)C)C(=O)Cc1cccc(N)c1. The van der Waals surface area contributed by atoms with Gasteiger partial charge < -0.3 is 16.0 Å². The third kappa shape index (κ3) is 5.73. The second-order valence-corrected chi connectivity index (χ2v) is 5.97. The smallest absolute Gasteiger partial charge is 0.240 e. The molecule has 0 saturated heterocycles. The minimum Gasteiger partial charge on any atom is -0.399 e. The Balaban J connectivity index is 2.53. The average Bonchev–Trinajstić information content (AvgIpc) is 2.25. The number of nitrogens with zero attached hydrogens (tertiary/aromatic N) is 1. The van der Waals surface area contributed by atoms with Gasteiger partial charge in [0.05, 0.1) is 13.0 Å². The molecule has 5 nitrogen and oxygen atoms in total. The van der Waals surface area contributed by atoms with Gasteiger partial charge in [-0.05, 0) is 38.5 Å². The van der Waals surface area contributed by atoms with Gasteiger partial charge in [-0.25, -0.2) is 0 Å². The summed E-state index contributed by atoms with van der Waals surface area (Å²) >= 11 is 0. The number of carbonyl (C=O) groups is 2. The van der Waals surface area contributed by atoms with E-state index in [4.69, 9.17) is 5.73 Å². The van der Waals surface area contributed by atoms with Crippen LogP contribution in [0, 0.1) is 0 Å². The highest BCUT2D eigenvalue weighted by atomic mass is 16.2. The van der Waals surface area contributed by atoms with E-state index in [9.17, 15) is 9.59 Å². The second kappa shape index (κ2) is 6.41. The van der Waals surface area contributed by atoms with Crippen LogP contribution in [-0.4, -0.2) is 35.8 Å². The van der Waals surface area contributed by atoms with Crippen LogP contribution in [0.25, 0.3) is 0 Å². The van der Waals surface area contributed by atoms with Gasteiger partial charge in [-0.2, -0.15) is 0 Å². The van der Waals surface area contributed by atoms with Crippen LogP contribution < -0.4 is 11.1 Å². The molecule has 0 saturated carbocycles. The van der Waals surface area contributed by atoms with Crippen LogP contribution in [0.5, 0.6) is 0 Å². The molecule has 110 valence electrons. The van der Waals surface area contributed by atoms with Crippen molar-refractivity contribution in [1.29, 1.82) is 0 Å². The molecule has 3 N–H and O–H groups in total. The summed E-state index contributed by atoms with van der Waals surface area (Å²) in [7, 11) is 1.62. The van der Waals surface area contributed by atoms with Crippen LogP contribution in [0.1, 0.15) is 26.3 Å². The number of anilines is 1. The largest absolute Gasteiger partial charge is 0.399 e. The van der Waals surface area contributed by atoms with Crippen LogP contribution in [0.4, 0.5) is 5.69 Å². The molecule has 1 rings (SSSR count). The first-order valence-corrected chi connectivity index (χ1v) is 6.57. The zero-order valence-corrected chi connectivity index (χ0v) is 12.6. The number of nitrogens with two attached hydrogens (primary N) is 1. The van der Waals surface area contributed by atoms with E-state index < -0.39 is 0 Å². The maximum absolute atomic E-state index is 12.0. The number of carbonyl (C=O) groups excluding carboxylic acids is 2. The normalized spacial score (nSPS) is 11.0. The maximum Gasteiger partial charge on any atom is 0.240 e. The number of rotatable bonds is 4. The highest BCUT2D eigenvalue weighted by Gasteiger charge is 2.17. The lowest BCUT2D eigenvalue weighted by atomic mass is 10.1. The van der Waals surface area contributed by atoms with Crippen LogP contribution >= 0.6 is 0 Å². The first-order valence-electron chi connectivity index (χ1n) is 6.57. The van der Waals surface area contributed by atoms with Crippen molar-refractivity contribution in [1.82, 2.24) is 10.2 Å². The molecule has 1 aromatic carbocycles. The van der Waals surface area contributed by atoms with Crippen LogP contribution in [0.2, 0.25) is 0 Å². The van der Waals surface area contributed by atoms with Crippen molar-refractivity contribution in [2.45, 2.75) is 32.7 Å². The number of likely N-dealkylation sites (N-methyl/N-ethyl adjacent to an activating group) is 1. The molecular weight excluding hydrogens is 254 g/mol. The van der Waals surface area contributed by atoms with E-state index in [-0.39, 0.29) is 30.3 Å². The fourth-order valence-electron chi connectivity index (χ4n) is 1.77. The summed E-state index contributed by atoms with van der Waals surface area (Å²) in [5.74, 6) is -0.277. The summed E-state index contributed by atoms with van der Waals surface area (Å²) in [5, 5.41) is 2.83. The highest BCUT2D eigenvalue weighted by Crippen LogP contribution is 2.08. The quantitative estimate of drug-likeness (QED) is 0.812. The Bertz CT molecular complexity index is 492. The van der Waals surface area contributed by atoms with Gasteiger partial charge >= 0.3 is 0 Å². The Morgan fingerprint density at radius 3 is 2.50 bits per heavy atom. The van der Waals surface area contributed by atoms with Crippen molar-refractivity contribution in [3.63, 3.8) is 0 Å². The van der Waals surface area contributed by atoms with Crippen molar-refractivity contribution in [2.24, 2.45) is 0 Å². The van der Waals surface area contributed by atoms with Crippen LogP contribution in [0.3, 0.4) is 0 Å². The minimum absolute atomic E-state index is 0.0540. The van der Waals surface area contributed by atoms with E-state index >= 15 is 0 Å². The van der Waals surface area contributed by atoms with Crippen LogP contribution in [-0.2, 0) is 16.0 Å². The summed E-state index contributed by atoms with van der Waals surface area (Å²) in [6.07, 6.45) is 0.240. The lowest BCUT2D eigenvalue weighted by Gasteiger charge is -2.23. The molecule has 0 fully saturated rings. The van der Waals surface area contributed by atoms with Gasteiger partial charge in [0.15, 0.2) is 0 Å². The van der Waals surface area contributed by atoms with Crippen molar-refractivity contribution in [3.8, 4) is 0 Å². The van der Waals surface area contributed by atoms with Gasteiger partial charge in [-0.1, -0.05) is 12.1 Å². The Hall–Kier alpha value is -2.04. The molecule has 0 atom stereocenters. The number of hydrogen-bond donors (Lipinski definition) is 2. The Kier molecular flexibility index (Phi) is 5.13. The standard InChI is InChI=1S/C15H23N3O2/c1-15(2,3)17-13(19)10-18(4)14(20)9-11-6-5-7-12(16)8-11/h5-8H,9-10,16H2,1-4H3,(H,17,19). The molecule has 0 heterocycles. The summed E-state index contributed by atoms with van der Waals surface area (Å²) in [6.45, 7) is 5.76. The van der Waals surface area contributed by atoms with E-state index in [2.05, 4.69) is 5.32 Å². The van der Waals surface area contributed by atoms with Gasteiger partial charge in [-0.15, -0.1) is 0 Å². The van der Waals surface area contributed by atoms with Crippen molar-refractivity contribution in [3.05, 3.63) is 29.8 Å². The zero-order valence-electron chi connectivity index (χ0n) is 12.6. The Morgan fingerprint density at radius 2 is 1.95 bits per heavy atom. The average molecular weight is 277 g/mol. The minimum atomic E-state index is -0.297. The second-order valence-electron chi connectivity index (χ2n) is 5.97. The van der Waals surface area contributed by atoms with Crippen molar-refractivity contribution in [2.75, 3.05) is 19.3 Å². The molecule has 20 heavy (non-hydrogen) atoms. The van der Waals surface area contributed by atoms with Gasteiger partial charge in [0, 0.05) is 18.3 Å². The molecule has 5 heteroatoms. The molecule has 0 aliphatic heterocycles. The van der Waals surface area contributed by atoms with Crippen molar-refractivity contribution < 1.29 is 9.59 Å². The summed E-state index contributed by atoms with van der Waals surface area (Å²) in [4.78, 5) is 25.2. The molecule has 0 radical (unpaired) electrons. The van der Waals surface area contributed by atoms with Crippen molar-refractivity contribution >= 4 is 17.5 Å². The van der Waals surface area contributed by atoms with E-state index in [1.807, 2.05) is 32.9 Å². The molecule has 0 aliphatic rings. The monoisotopic (exact) mass is 277 g/mol. The van der Waals surface area contributed by atoms with E-state index in [0.717, 1.165) is 5.56 Å². The predicted molar refractivity (Wildman–Crippen MR) is 80.1 cm³/mol. The van der Waals surface area contributed by atoms with Gasteiger partial charge in [0.1, 0.15) is 0 Å². The Morgan fingerprint density at radius 1 is 1.30 bits per heavy atom. The number of hydrogen-bond acceptors (Lipinski definition) is 3. The first kappa shape index (κ1) is 16.0. The highest BCUT2D eigenvalue weighted by molar-refractivity contribution is 5.86. The number of nitrogen functional groups attached to an aromatic ring is 1. The summed E-state index contributed by atoms with van der Waals surface area (Å²) in [6, 6.07) is 7.19. The third-order valence-corrected chi connectivity index (χ3v) is 2.63. The molecule has 0 aromatic heterocycles. The predicted octanol–water partition coefficient (Wildman–Crippen LogP) is 1.18. The van der Waals surface area contributed by atoms with Gasteiger partial charge in [-0.3, -0.25) is 9.59 Å². The van der Waals surface area contributed by atoms with E-state index in [1.54, 1.807) is 19.2 Å². The molecule has 0 unspecified atom stereocenters. The third-order valence-electron chi connectivity index (χ3n) is 2.63. The summed E-state index contributed by atoms with van der Waals surface area (Å²) < 4.78 is 0. The lowest BCUT2D eigenvalue weighted by molar-refractivity contribution is -0.134. The zero-order chi connectivity index (χ0) is 15.3. The Labute approximate surface area is 120 Å².